The fourth-order valence-corrected chi connectivity index (χ4v) is 4.24. The number of benzene rings is 1. The van der Waals surface area contributed by atoms with E-state index < -0.39 is 0 Å². The molecule has 0 amide bonds. The third-order valence-electron chi connectivity index (χ3n) is 4.94. The number of allylic oxidation sites excluding steroid dienone is 1. The average Bonchev–Trinajstić information content (AvgIpc) is 3.32. The highest BCUT2D eigenvalue weighted by Crippen LogP contribution is 2.33. The van der Waals surface area contributed by atoms with Crippen molar-refractivity contribution in [2.24, 2.45) is 10.7 Å². The molecule has 0 saturated heterocycles. The van der Waals surface area contributed by atoms with Crippen LogP contribution in [0.5, 0.6) is 0 Å². The number of hydrogen-bond acceptors (Lipinski definition) is 3. The lowest BCUT2D eigenvalue weighted by molar-refractivity contribution is 0.493. The van der Waals surface area contributed by atoms with Crippen molar-refractivity contribution in [3.05, 3.63) is 58.4 Å². The van der Waals surface area contributed by atoms with Gasteiger partial charge in [0, 0.05) is 28.7 Å². The highest BCUT2D eigenvalue weighted by Gasteiger charge is 2.17. The van der Waals surface area contributed by atoms with Crippen LogP contribution >= 0.6 is 23.7 Å². The van der Waals surface area contributed by atoms with E-state index >= 15 is 0 Å². The van der Waals surface area contributed by atoms with Crippen LogP contribution in [-0.2, 0) is 0 Å². The van der Waals surface area contributed by atoms with Gasteiger partial charge in [-0.2, -0.15) is 0 Å². The van der Waals surface area contributed by atoms with E-state index in [0.29, 0.717) is 11.9 Å². The summed E-state index contributed by atoms with van der Waals surface area (Å²) in [6.45, 7) is 3.21. The van der Waals surface area contributed by atoms with E-state index in [1.807, 2.05) is 23.6 Å². The highest BCUT2D eigenvalue weighted by atomic mass is 35.5. The Balaban J connectivity index is 0.00000210. The molecule has 142 valence electrons. The van der Waals surface area contributed by atoms with E-state index in [-0.39, 0.29) is 12.4 Å². The Morgan fingerprint density at radius 2 is 2.26 bits per heavy atom. The van der Waals surface area contributed by atoms with Gasteiger partial charge in [0.2, 0.25) is 0 Å². The van der Waals surface area contributed by atoms with Gasteiger partial charge in [-0.15, -0.1) is 23.7 Å². The summed E-state index contributed by atoms with van der Waals surface area (Å²) in [6.07, 6.45) is 7.90. The van der Waals surface area contributed by atoms with Crippen LogP contribution in [0.4, 0.5) is 5.69 Å². The minimum absolute atomic E-state index is 0. The van der Waals surface area contributed by atoms with Crippen molar-refractivity contribution in [1.29, 1.82) is 0 Å². The predicted octanol–water partition coefficient (Wildman–Crippen LogP) is 5.23. The Labute approximate surface area is 170 Å². The number of aromatic nitrogens is 1. The molecule has 3 aromatic rings. The number of amidine groups is 1. The molecule has 4 rings (SSSR count). The monoisotopic (exact) mass is 400 g/mol. The lowest BCUT2D eigenvalue weighted by Crippen LogP contribution is -2.29. The standard InChI is InChI=1S/C21H24N4S.ClH/c1-2-23-15-7-5-14(6-8-15)18-13-24-19-10-9-16(12-17(18)19)25-21(22)20-4-3-11-26-20;/h3-5,9-13,15,23-24H,2,6-8H2,1H3,(H2,22,25);1H. The predicted molar refractivity (Wildman–Crippen MR) is 120 cm³/mol. The zero-order valence-electron chi connectivity index (χ0n) is 15.4. The van der Waals surface area contributed by atoms with Gasteiger partial charge in [-0.1, -0.05) is 19.1 Å². The number of aliphatic imine (C=N–C) groups is 1. The number of halogens is 1. The van der Waals surface area contributed by atoms with Gasteiger partial charge in [0.15, 0.2) is 0 Å². The second-order valence-electron chi connectivity index (χ2n) is 6.66. The fourth-order valence-electron chi connectivity index (χ4n) is 3.62. The largest absolute Gasteiger partial charge is 0.383 e. The van der Waals surface area contributed by atoms with Crippen molar-refractivity contribution in [2.45, 2.75) is 32.2 Å². The van der Waals surface area contributed by atoms with Gasteiger partial charge in [0.25, 0.3) is 0 Å². The van der Waals surface area contributed by atoms with Crippen molar-refractivity contribution in [3.63, 3.8) is 0 Å². The van der Waals surface area contributed by atoms with Crippen LogP contribution in [0.15, 0.2) is 53.0 Å². The molecular weight excluding hydrogens is 376 g/mol. The maximum absolute atomic E-state index is 6.15. The Morgan fingerprint density at radius 3 is 2.96 bits per heavy atom. The number of fused-ring (bicyclic) bond motifs is 1. The lowest BCUT2D eigenvalue weighted by atomic mass is 9.90. The topological polar surface area (TPSA) is 66.2 Å². The second-order valence-corrected chi connectivity index (χ2v) is 7.61. The maximum atomic E-state index is 6.15. The van der Waals surface area contributed by atoms with E-state index in [2.05, 4.69) is 46.6 Å². The number of thiophene rings is 1. The Hall–Kier alpha value is -2.08. The molecule has 0 bridgehead atoms. The normalized spacial score (nSPS) is 17.6. The molecule has 1 aliphatic rings. The average molecular weight is 401 g/mol. The molecule has 2 aromatic heterocycles. The minimum atomic E-state index is 0. The summed E-state index contributed by atoms with van der Waals surface area (Å²) >= 11 is 1.61. The van der Waals surface area contributed by atoms with Crippen molar-refractivity contribution in [2.75, 3.05) is 6.54 Å². The summed E-state index contributed by atoms with van der Waals surface area (Å²) in [5, 5.41) is 6.78. The molecule has 0 saturated carbocycles. The van der Waals surface area contributed by atoms with Crippen LogP contribution in [-0.4, -0.2) is 23.4 Å². The Morgan fingerprint density at radius 1 is 1.37 bits per heavy atom. The molecule has 1 atom stereocenters. The van der Waals surface area contributed by atoms with Crippen molar-refractivity contribution in [3.8, 4) is 0 Å². The Kier molecular flexibility index (Phi) is 6.37. The quantitative estimate of drug-likeness (QED) is 0.405. The molecule has 1 aliphatic carbocycles. The van der Waals surface area contributed by atoms with Crippen LogP contribution in [0.25, 0.3) is 16.5 Å². The first-order chi connectivity index (χ1) is 12.7. The van der Waals surface area contributed by atoms with Crippen LogP contribution in [0, 0.1) is 0 Å². The van der Waals surface area contributed by atoms with E-state index in [1.165, 1.54) is 22.9 Å². The molecule has 2 heterocycles. The minimum Gasteiger partial charge on any atom is -0.383 e. The zero-order valence-corrected chi connectivity index (χ0v) is 17.0. The van der Waals surface area contributed by atoms with Crippen molar-refractivity contribution >= 4 is 51.7 Å². The summed E-state index contributed by atoms with van der Waals surface area (Å²) in [6, 6.07) is 10.8. The van der Waals surface area contributed by atoms with Gasteiger partial charge >= 0.3 is 0 Å². The molecule has 1 unspecified atom stereocenters. The molecule has 0 aliphatic heterocycles. The summed E-state index contributed by atoms with van der Waals surface area (Å²) in [5.41, 5.74) is 10.9. The van der Waals surface area contributed by atoms with Crippen molar-refractivity contribution in [1.82, 2.24) is 10.3 Å². The number of nitrogens with zero attached hydrogens (tertiary/aromatic N) is 1. The molecule has 4 N–H and O–H groups in total. The second kappa shape index (κ2) is 8.74. The van der Waals surface area contributed by atoms with Crippen LogP contribution in [0.1, 0.15) is 36.6 Å². The Bertz CT molecular complexity index is 956. The molecule has 0 fully saturated rings. The smallest absolute Gasteiger partial charge is 0.141 e. The van der Waals surface area contributed by atoms with E-state index in [1.54, 1.807) is 11.3 Å². The van der Waals surface area contributed by atoms with Gasteiger partial charge in [-0.25, -0.2) is 4.99 Å². The van der Waals surface area contributed by atoms with Crippen LogP contribution in [0.3, 0.4) is 0 Å². The summed E-state index contributed by atoms with van der Waals surface area (Å²) in [5.74, 6) is 0.571. The molecule has 0 spiro atoms. The van der Waals surface area contributed by atoms with Gasteiger partial charge in [0.05, 0.1) is 10.6 Å². The number of rotatable bonds is 5. The third kappa shape index (κ3) is 4.26. The number of nitrogens with two attached hydrogens (primary N) is 1. The number of aromatic amines is 1. The van der Waals surface area contributed by atoms with Gasteiger partial charge in [0.1, 0.15) is 5.84 Å². The number of hydrogen-bond donors (Lipinski definition) is 3. The van der Waals surface area contributed by atoms with Crippen molar-refractivity contribution < 1.29 is 0 Å². The molecular formula is C21H25ClN4S. The van der Waals surface area contributed by atoms with Gasteiger partial charge in [-0.05, 0) is 61.0 Å². The van der Waals surface area contributed by atoms with Crippen LogP contribution in [0.2, 0.25) is 0 Å². The first kappa shape index (κ1) is 19.7. The maximum Gasteiger partial charge on any atom is 0.141 e. The third-order valence-corrected chi connectivity index (χ3v) is 5.83. The van der Waals surface area contributed by atoms with Gasteiger partial charge < -0.3 is 16.0 Å². The van der Waals surface area contributed by atoms with E-state index in [0.717, 1.165) is 35.5 Å². The van der Waals surface area contributed by atoms with E-state index in [4.69, 9.17) is 5.73 Å². The SMILES string of the molecule is CCNC1CC=C(c2c[nH]c3ccc(N=C(N)c4cccs4)cc23)CC1.Cl. The molecule has 27 heavy (non-hydrogen) atoms. The highest BCUT2D eigenvalue weighted by molar-refractivity contribution is 7.12. The summed E-state index contributed by atoms with van der Waals surface area (Å²) in [7, 11) is 0. The molecule has 6 heteroatoms. The van der Waals surface area contributed by atoms with Gasteiger partial charge in [-0.3, -0.25) is 0 Å². The fraction of sp³-hybridized carbons (Fsp3) is 0.286. The first-order valence-corrected chi connectivity index (χ1v) is 10.0. The molecule has 0 radical (unpaired) electrons. The number of nitrogens with one attached hydrogen (secondary N) is 2. The lowest BCUT2D eigenvalue weighted by Gasteiger charge is -2.22. The van der Waals surface area contributed by atoms with Crippen LogP contribution < -0.4 is 11.1 Å². The molecule has 4 nitrogen and oxygen atoms in total. The number of H-pyrrole nitrogens is 1. The summed E-state index contributed by atoms with van der Waals surface area (Å²) < 4.78 is 0. The summed E-state index contributed by atoms with van der Waals surface area (Å²) in [4.78, 5) is 9.01. The van der Waals surface area contributed by atoms with E-state index in [9.17, 15) is 0 Å². The zero-order chi connectivity index (χ0) is 17.9. The first-order valence-electron chi connectivity index (χ1n) is 9.16. The molecule has 1 aromatic carbocycles.